The second-order valence-corrected chi connectivity index (χ2v) is 4.09. The maximum absolute atomic E-state index is 11.4. The Morgan fingerprint density at radius 3 is 2.69 bits per heavy atom. The first kappa shape index (κ1) is 8.57. The minimum Gasteiger partial charge on any atom is -0.293 e. The van der Waals surface area contributed by atoms with Crippen LogP contribution in [0.25, 0.3) is 0 Å². The standard InChI is InChI=1S/C11H10OS/c1-8-4-2-3-5-9(8)11-10(12)6-7-13-11/h2-7,11H,1H3. The summed E-state index contributed by atoms with van der Waals surface area (Å²) in [7, 11) is 0. The number of hydrogen-bond donors (Lipinski definition) is 0. The highest BCUT2D eigenvalue weighted by atomic mass is 32.2. The van der Waals surface area contributed by atoms with Gasteiger partial charge in [-0.05, 0) is 29.5 Å². The number of aryl methyl sites for hydroxylation is 1. The monoisotopic (exact) mass is 190 g/mol. The predicted molar refractivity (Wildman–Crippen MR) is 55.7 cm³/mol. The van der Waals surface area contributed by atoms with Gasteiger partial charge in [-0.15, -0.1) is 11.8 Å². The van der Waals surface area contributed by atoms with Gasteiger partial charge >= 0.3 is 0 Å². The number of hydrogen-bond acceptors (Lipinski definition) is 2. The van der Waals surface area contributed by atoms with E-state index in [0.717, 1.165) is 5.56 Å². The Morgan fingerprint density at radius 1 is 1.31 bits per heavy atom. The van der Waals surface area contributed by atoms with Crippen LogP contribution in [0.4, 0.5) is 0 Å². The van der Waals surface area contributed by atoms with Crippen molar-refractivity contribution in [2.75, 3.05) is 0 Å². The molecule has 0 fully saturated rings. The van der Waals surface area contributed by atoms with Gasteiger partial charge in [-0.3, -0.25) is 4.79 Å². The molecule has 0 radical (unpaired) electrons. The fourth-order valence-corrected chi connectivity index (χ4v) is 2.44. The highest BCUT2D eigenvalue weighted by Gasteiger charge is 2.23. The largest absolute Gasteiger partial charge is 0.293 e. The van der Waals surface area contributed by atoms with E-state index >= 15 is 0 Å². The average molecular weight is 190 g/mol. The van der Waals surface area contributed by atoms with Crippen LogP contribution in [0.5, 0.6) is 0 Å². The van der Waals surface area contributed by atoms with Crippen molar-refractivity contribution in [1.82, 2.24) is 0 Å². The summed E-state index contributed by atoms with van der Waals surface area (Å²) >= 11 is 1.59. The molecule has 1 heterocycles. The van der Waals surface area contributed by atoms with Crippen LogP contribution in [0.15, 0.2) is 35.7 Å². The van der Waals surface area contributed by atoms with Crippen molar-refractivity contribution < 1.29 is 4.79 Å². The van der Waals surface area contributed by atoms with E-state index in [1.54, 1.807) is 17.8 Å². The number of carbonyl (C=O) groups is 1. The molecule has 0 amide bonds. The molecule has 0 saturated heterocycles. The number of allylic oxidation sites excluding steroid dienone is 1. The fraction of sp³-hybridized carbons (Fsp3) is 0.182. The van der Waals surface area contributed by atoms with Gasteiger partial charge in [-0.1, -0.05) is 24.3 Å². The second kappa shape index (κ2) is 3.38. The van der Waals surface area contributed by atoms with Crippen molar-refractivity contribution in [2.45, 2.75) is 12.2 Å². The molecule has 1 atom stereocenters. The first-order valence-corrected chi connectivity index (χ1v) is 5.15. The number of rotatable bonds is 1. The maximum Gasteiger partial charge on any atom is 0.173 e. The highest BCUT2D eigenvalue weighted by Crippen LogP contribution is 2.36. The first-order valence-electron chi connectivity index (χ1n) is 4.20. The Balaban J connectivity index is 2.36. The van der Waals surface area contributed by atoms with E-state index < -0.39 is 0 Å². The Morgan fingerprint density at radius 2 is 2.08 bits per heavy atom. The zero-order chi connectivity index (χ0) is 9.26. The number of ketones is 1. The lowest BCUT2D eigenvalue weighted by atomic mass is 10.0. The summed E-state index contributed by atoms with van der Waals surface area (Å²) in [6.45, 7) is 2.04. The molecule has 0 aromatic heterocycles. The van der Waals surface area contributed by atoms with E-state index in [-0.39, 0.29) is 11.0 Å². The summed E-state index contributed by atoms with van der Waals surface area (Å²) in [6, 6.07) is 8.05. The second-order valence-electron chi connectivity index (χ2n) is 3.08. The average Bonchev–Trinajstić information content (AvgIpc) is 2.52. The molecule has 0 saturated carbocycles. The highest BCUT2D eigenvalue weighted by molar-refractivity contribution is 8.03. The van der Waals surface area contributed by atoms with Crippen molar-refractivity contribution in [3.8, 4) is 0 Å². The van der Waals surface area contributed by atoms with Gasteiger partial charge in [-0.2, -0.15) is 0 Å². The quantitative estimate of drug-likeness (QED) is 0.677. The van der Waals surface area contributed by atoms with E-state index in [0.29, 0.717) is 0 Å². The minimum atomic E-state index is 0.00111. The van der Waals surface area contributed by atoms with Gasteiger partial charge in [0.2, 0.25) is 0 Å². The molecule has 13 heavy (non-hydrogen) atoms. The third-order valence-corrected chi connectivity index (χ3v) is 3.23. The summed E-state index contributed by atoms with van der Waals surface area (Å²) in [5, 5.41) is 1.88. The molecule has 1 aromatic carbocycles. The van der Waals surface area contributed by atoms with Gasteiger partial charge in [0, 0.05) is 0 Å². The van der Waals surface area contributed by atoms with Crippen LogP contribution in [-0.2, 0) is 4.79 Å². The first-order chi connectivity index (χ1) is 6.29. The molecule has 0 N–H and O–H groups in total. The lowest BCUT2D eigenvalue weighted by molar-refractivity contribution is -0.114. The molecule has 0 bridgehead atoms. The molecule has 1 aliphatic heterocycles. The summed E-state index contributed by atoms with van der Waals surface area (Å²) < 4.78 is 0. The summed E-state index contributed by atoms with van der Waals surface area (Å²) in [5.74, 6) is 0.208. The Hall–Kier alpha value is -1.02. The molecule has 0 aliphatic carbocycles. The number of benzene rings is 1. The summed E-state index contributed by atoms with van der Waals surface area (Å²) in [6.07, 6.45) is 1.65. The van der Waals surface area contributed by atoms with Gasteiger partial charge < -0.3 is 0 Å². The molecule has 1 nitrogen and oxygen atoms in total. The van der Waals surface area contributed by atoms with Crippen molar-refractivity contribution in [2.24, 2.45) is 0 Å². The van der Waals surface area contributed by atoms with Crippen LogP contribution in [0, 0.1) is 6.92 Å². The minimum absolute atomic E-state index is 0.00111. The lowest BCUT2D eigenvalue weighted by Gasteiger charge is -2.10. The van der Waals surface area contributed by atoms with Crippen molar-refractivity contribution >= 4 is 17.5 Å². The smallest absolute Gasteiger partial charge is 0.173 e. The summed E-state index contributed by atoms with van der Waals surface area (Å²) in [5.41, 5.74) is 2.33. The molecule has 1 aliphatic rings. The van der Waals surface area contributed by atoms with Crippen molar-refractivity contribution in [1.29, 1.82) is 0 Å². The summed E-state index contributed by atoms with van der Waals surface area (Å²) in [4.78, 5) is 11.4. The Labute approximate surface area is 81.8 Å². The molecule has 1 aromatic rings. The van der Waals surface area contributed by atoms with Gasteiger partial charge in [0.15, 0.2) is 5.78 Å². The van der Waals surface area contributed by atoms with Crippen LogP contribution in [0.3, 0.4) is 0 Å². The number of carbonyl (C=O) groups excluding carboxylic acids is 1. The third-order valence-electron chi connectivity index (χ3n) is 2.18. The SMILES string of the molecule is Cc1ccccc1C1SC=CC1=O. The van der Waals surface area contributed by atoms with Crippen LogP contribution in [0.2, 0.25) is 0 Å². The van der Waals surface area contributed by atoms with E-state index in [9.17, 15) is 4.79 Å². The van der Waals surface area contributed by atoms with Crippen LogP contribution < -0.4 is 0 Å². The van der Waals surface area contributed by atoms with E-state index in [2.05, 4.69) is 0 Å². The molecular weight excluding hydrogens is 180 g/mol. The molecular formula is C11H10OS. The van der Waals surface area contributed by atoms with E-state index in [4.69, 9.17) is 0 Å². The van der Waals surface area contributed by atoms with E-state index in [1.807, 2.05) is 36.6 Å². The van der Waals surface area contributed by atoms with Gasteiger partial charge in [0.1, 0.15) is 0 Å². The van der Waals surface area contributed by atoms with Crippen LogP contribution in [0.1, 0.15) is 16.4 Å². The zero-order valence-electron chi connectivity index (χ0n) is 7.36. The van der Waals surface area contributed by atoms with Crippen LogP contribution in [-0.4, -0.2) is 5.78 Å². The Kier molecular flexibility index (Phi) is 2.23. The third kappa shape index (κ3) is 1.54. The lowest BCUT2D eigenvalue weighted by Crippen LogP contribution is -2.03. The Bertz CT molecular complexity index is 368. The molecule has 66 valence electrons. The van der Waals surface area contributed by atoms with Crippen LogP contribution >= 0.6 is 11.8 Å². The molecule has 1 unspecified atom stereocenters. The fourth-order valence-electron chi connectivity index (χ4n) is 1.45. The zero-order valence-corrected chi connectivity index (χ0v) is 8.17. The van der Waals surface area contributed by atoms with Crippen molar-refractivity contribution in [3.63, 3.8) is 0 Å². The van der Waals surface area contributed by atoms with E-state index in [1.165, 1.54) is 5.56 Å². The molecule has 0 spiro atoms. The van der Waals surface area contributed by atoms with Gasteiger partial charge in [0.25, 0.3) is 0 Å². The topological polar surface area (TPSA) is 17.1 Å². The van der Waals surface area contributed by atoms with Crippen molar-refractivity contribution in [3.05, 3.63) is 46.9 Å². The van der Waals surface area contributed by atoms with Gasteiger partial charge in [-0.25, -0.2) is 0 Å². The molecule has 2 rings (SSSR count). The normalized spacial score (nSPS) is 21.0. The predicted octanol–water partition coefficient (Wildman–Crippen LogP) is 2.87. The molecule has 2 heteroatoms. The number of thioether (sulfide) groups is 1. The maximum atomic E-state index is 11.4. The van der Waals surface area contributed by atoms with Gasteiger partial charge in [0.05, 0.1) is 5.25 Å².